The second-order valence-corrected chi connectivity index (χ2v) is 14.6. The molecule has 1 aliphatic heterocycles. The van der Waals surface area contributed by atoms with Crippen molar-refractivity contribution in [3.05, 3.63) is 175 Å². The van der Waals surface area contributed by atoms with Gasteiger partial charge in [0.15, 0.2) is 11.6 Å². The van der Waals surface area contributed by atoms with Gasteiger partial charge in [-0.2, -0.15) is 0 Å². The van der Waals surface area contributed by atoms with Gasteiger partial charge in [0.1, 0.15) is 5.82 Å². The molecule has 240 valence electrons. The molecule has 10 rings (SSSR count). The second kappa shape index (κ2) is 12.1. The fraction of sp³-hybridized carbons (Fsp3) is 0.133. The minimum atomic E-state index is 0.114. The van der Waals surface area contributed by atoms with Crippen molar-refractivity contribution in [3.8, 4) is 11.1 Å². The largest absolute Gasteiger partial charge is 0.309 e. The zero-order valence-electron chi connectivity index (χ0n) is 27.5. The molecule has 2 aromatic heterocycles. The third kappa shape index (κ3) is 4.87. The molecule has 0 amide bonds. The van der Waals surface area contributed by atoms with Gasteiger partial charge in [-0.25, -0.2) is 15.0 Å². The Labute approximate surface area is 296 Å². The molecule has 0 N–H and O–H groups in total. The highest BCUT2D eigenvalue weighted by atomic mass is 32.2. The van der Waals surface area contributed by atoms with Crippen molar-refractivity contribution < 1.29 is 0 Å². The topological polar surface area (TPSA) is 43.6 Å². The van der Waals surface area contributed by atoms with E-state index in [0.29, 0.717) is 0 Å². The molecule has 6 aromatic rings. The third-order valence-electron chi connectivity index (χ3n) is 10.3. The summed E-state index contributed by atoms with van der Waals surface area (Å²) in [6.45, 7) is 0. The van der Waals surface area contributed by atoms with Gasteiger partial charge in [0.05, 0.1) is 11.0 Å². The summed E-state index contributed by atoms with van der Waals surface area (Å²) in [5.41, 5.74) is 9.58. The standard InChI is InChI=1S/C45H34N4S/c1-4-15-29(16-5-1)33-23-14-25-38-41(33)34-21-10-12-24-37(34)49(38)32-27-36(42-35-22-11-13-26-39(35)50-40(42)28-32)45-47-43(30-17-6-2-7-18-30)46-44(48-45)31-19-8-3-9-20-31/h1-2,4-8,10-17,19-28,30,40,42H,3,9,18H2. The molecule has 3 atom stereocenters. The summed E-state index contributed by atoms with van der Waals surface area (Å²) in [5, 5.41) is 2.72. The van der Waals surface area contributed by atoms with Crippen LogP contribution in [0.3, 0.4) is 0 Å². The number of fused-ring (bicyclic) bond motifs is 6. The van der Waals surface area contributed by atoms with E-state index in [1.165, 1.54) is 43.4 Å². The molecule has 3 heterocycles. The van der Waals surface area contributed by atoms with E-state index in [-0.39, 0.29) is 17.1 Å². The van der Waals surface area contributed by atoms with Crippen molar-refractivity contribution in [2.45, 2.75) is 41.2 Å². The van der Waals surface area contributed by atoms with E-state index in [2.05, 4.69) is 156 Å². The van der Waals surface area contributed by atoms with Gasteiger partial charge in [0, 0.05) is 49.6 Å². The maximum absolute atomic E-state index is 5.33. The summed E-state index contributed by atoms with van der Waals surface area (Å²) in [4.78, 5) is 17.1. The van der Waals surface area contributed by atoms with Gasteiger partial charge in [0.25, 0.3) is 0 Å². The molecule has 3 aliphatic carbocycles. The van der Waals surface area contributed by atoms with E-state index in [4.69, 9.17) is 15.0 Å². The minimum Gasteiger partial charge on any atom is -0.309 e. The van der Waals surface area contributed by atoms with E-state index in [1.807, 2.05) is 11.8 Å². The van der Waals surface area contributed by atoms with Crippen LogP contribution in [0.15, 0.2) is 157 Å². The van der Waals surface area contributed by atoms with Crippen molar-refractivity contribution in [1.29, 1.82) is 0 Å². The summed E-state index contributed by atoms with van der Waals surface area (Å²) < 4.78 is 2.46. The number of hydrogen-bond acceptors (Lipinski definition) is 4. The first-order chi connectivity index (χ1) is 24.8. The van der Waals surface area contributed by atoms with E-state index in [9.17, 15) is 0 Å². The number of thioether (sulfide) groups is 1. The van der Waals surface area contributed by atoms with E-state index in [1.54, 1.807) is 0 Å². The molecule has 5 heteroatoms. The highest BCUT2D eigenvalue weighted by molar-refractivity contribution is 8.00. The first kappa shape index (κ1) is 29.4. The number of rotatable bonds is 5. The molecule has 50 heavy (non-hydrogen) atoms. The predicted octanol–water partition coefficient (Wildman–Crippen LogP) is 11.2. The monoisotopic (exact) mass is 662 g/mol. The van der Waals surface area contributed by atoms with Gasteiger partial charge in [-0.3, -0.25) is 0 Å². The Kier molecular flexibility index (Phi) is 7.12. The fourth-order valence-corrected chi connectivity index (χ4v) is 9.46. The maximum atomic E-state index is 5.33. The molecule has 3 unspecified atom stereocenters. The fourth-order valence-electron chi connectivity index (χ4n) is 8.04. The first-order valence-electron chi connectivity index (χ1n) is 17.5. The Morgan fingerprint density at radius 1 is 0.720 bits per heavy atom. The quantitative estimate of drug-likeness (QED) is 0.184. The molecule has 0 saturated carbocycles. The summed E-state index contributed by atoms with van der Waals surface area (Å²) in [5.74, 6) is 2.62. The SMILES string of the molecule is C1=CCC(c2nc(C3=CCCC=C3)nc(C3=CC(n4c5ccccc5c5c(-c6ccccc6)cccc54)=CC4Sc5ccccc5C34)n2)C=C1. The van der Waals surface area contributed by atoms with Crippen molar-refractivity contribution in [2.24, 2.45) is 0 Å². The van der Waals surface area contributed by atoms with Crippen molar-refractivity contribution in [2.75, 3.05) is 0 Å². The van der Waals surface area contributed by atoms with E-state index in [0.717, 1.165) is 53.6 Å². The van der Waals surface area contributed by atoms with Crippen molar-refractivity contribution in [3.63, 3.8) is 0 Å². The minimum absolute atomic E-state index is 0.114. The van der Waals surface area contributed by atoms with Crippen LogP contribution in [-0.2, 0) is 0 Å². The summed E-state index contributed by atoms with van der Waals surface area (Å²) in [6.07, 6.45) is 23.1. The lowest BCUT2D eigenvalue weighted by atomic mass is 9.83. The number of allylic oxidation sites excluding steroid dienone is 11. The smallest absolute Gasteiger partial charge is 0.163 e. The second-order valence-electron chi connectivity index (χ2n) is 13.3. The van der Waals surface area contributed by atoms with Crippen LogP contribution < -0.4 is 0 Å². The Balaban J connectivity index is 1.22. The van der Waals surface area contributed by atoms with Crippen molar-refractivity contribution in [1.82, 2.24) is 19.5 Å². The Bertz CT molecular complexity index is 2510. The predicted molar refractivity (Wildman–Crippen MR) is 208 cm³/mol. The average molecular weight is 663 g/mol. The summed E-state index contributed by atoms with van der Waals surface area (Å²) in [7, 11) is 0. The highest BCUT2D eigenvalue weighted by Gasteiger charge is 2.39. The van der Waals surface area contributed by atoms with Crippen LogP contribution in [0.1, 0.15) is 54.1 Å². The van der Waals surface area contributed by atoms with Crippen LogP contribution >= 0.6 is 11.8 Å². The van der Waals surface area contributed by atoms with E-state index >= 15 is 0 Å². The lowest BCUT2D eigenvalue weighted by Gasteiger charge is -2.27. The lowest BCUT2D eigenvalue weighted by molar-refractivity contribution is 0.742. The van der Waals surface area contributed by atoms with Crippen LogP contribution in [0.25, 0.3) is 49.8 Å². The first-order valence-corrected chi connectivity index (χ1v) is 18.4. The zero-order chi connectivity index (χ0) is 33.0. The third-order valence-corrected chi connectivity index (χ3v) is 11.6. The van der Waals surface area contributed by atoms with Gasteiger partial charge in [-0.05, 0) is 66.3 Å². The summed E-state index contributed by atoms with van der Waals surface area (Å²) in [6, 6.07) is 35.1. The molecule has 4 aliphatic rings. The Morgan fingerprint density at radius 3 is 2.44 bits per heavy atom. The zero-order valence-corrected chi connectivity index (χ0v) is 28.3. The molecule has 0 radical (unpaired) electrons. The molecule has 0 spiro atoms. The number of nitrogens with zero attached hydrogens (tertiary/aromatic N) is 4. The van der Waals surface area contributed by atoms with Gasteiger partial charge in [-0.1, -0.05) is 121 Å². The van der Waals surface area contributed by atoms with Crippen LogP contribution in [0, 0.1) is 0 Å². The molecular weight excluding hydrogens is 629 g/mol. The maximum Gasteiger partial charge on any atom is 0.163 e. The van der Waals surface area contributed by atoms with Gasteiger partial charge >= 0.3 is 0 Å². The Morgan fingerprint density at radius 2 is 1.56 bits per heavy atom. The number of para-hydroxylation sites is 1. The normalized spacial score (nSPS) is 20.8. The number of aromatic nitrogens is 4. The van der Waals surface area contributed by atoms with Crippen LogP contribution in [0.2, 0.25) is 0 Å². The van der Waals surface area contributed by atoms with Crippen molar-refractivity contribution >= 4 is 50.4 Å². The molecule has 4 nitrogen and oxygen atoms in total. The molecule has 0 fully saturated rings. The number of hydrogen-bond donors (Lipinski definition) is 0. The average Bonchev–Trinajstić information content (AvgIpc) is 3.74. The lowest BCUT2D eigenvalue weighted by Crippen LogP contribution is -2.19. The van der Waals surface area contributed by atoms with Gasteiger partial charge in [0.2, 0.25) is 0 Å². The van der Waals surface area contributed by atoms with Gasteiger partial charge < -0.3 is 4.57 Å². The number of benzene rings is 4. The van der Waals surface area contributed by atoms with Crippen LogP contribution in [-0.4, -0.2) is 24.8 Å². The highest BCUT2D eigenvalue weighted by Crippen LogP contribution is 2.55. The van der Waals surface area contributed by atoms with Gasteiger partial charge in [-0.15, -0.1) is 11.8 Å². The molecule has 4 aromatic carbocycles. The molecular formula is C45H34N4S. The van der Waals surface area contributed by atoms with Crippen LogP contribution in [0.5, 0.6) is 0 Å². The van der Waals surface area contributed by atoms with E-state index < -0.39 is 0 Å². The van der Waals surface area contributed by atoms with Crippen LogP contribution in [0.4, 0.5) is 0 Å². The molecule has 0 bridgehead atoms. The molecule has 0 saturated heterocycles. The summed E-state index contributed by atoms with van der Waals surface area (Å²) >= 11 is 1.95. The Hall–Kier alpha value is -5.52.